The molecule has 0 aliphatic rings. The van der Waals surface area contributed by atoms with Crippen molar-refractivity contribution in [2.24, 2.45) is 10.7 Å². The van der Waals surface area contributed by atoms with Crippen molar-refractivity contribution in [2.45, 2.75) is 20.3 Å². The van der Waals surface area contributed by atoms with E-state index in [0.29, 0.717) is 11.7 Å². The van der Waals surface area contributed by atoms with Gasteiger partial charge < -0.3 is 10.5 Å². The van der Waals surface area contributed by atoms with Crippen molar-refractivity contribution in [1.29, 1.82) is 0 Å². The molecule has 0 saturated heterocycles. The number of hydrogen-bond acceptors (Lipinski definition) is 3. The largest absolute Gasteiger partial charge is 0.484 e. The second kappa shape index (κ2) is 4.85. The first-order valence-corrected chi connectivity index (χ1v) is 3.27. The van der Waals surface area contributed by atoms with E-state index >= 15 is 0 Å². The Morgan fingerprint density at radius 1 is 1.70 bits per heavy atom. The zero-order chi connectivity index (χ0) is 7.98. The first-order chi connectivity index (χ1) is 4.74. The number of methoxy groups -OCH3 is 1. The van der Waals surface area contributed by atoms with Gasteiger partial charge in [-0.15, -0.1) is 0 Å². The van der Waals surface area contributed by atoms with E-state index in [2.05, 4.69) is 4.99 Å². The van der Waals surface area contributed by atoms with Crippen LogP contribution in [0.3, 0.4) is 0 Å². The molecule has 3 nitrogen and oxygen atoms in total. The minimum atomic E-state index is 0.499. The van der Waals surface area contributed by atoms with Crippen LogP contribution in [0.5, 0.6) is 0 Å². The van der Waals surface area contributed by atoms with E-state index in [-0.39, 0.29) is 0 Å². The van der Waals surface area contributed by atoms with Gasteiger partial charge in [0.05, 0.1) is 7.11 Å². The highest BCUT2D eigenvalue weighted by Gasteiger charge is 1.91. The van der Waals surface area contributed by atoms with Gasteiger partial charge in [-0.2, -0.15) is 0 Å². The summed E-state index contributed by atoms with van der Waals surface area (Å²) in [5.74, 6) is 1.16. The Balaban J connectivity index is 4.10. The number of nitrogens with zero attached hydrogens (tertiary/aromatic N) is 1. The summed E-state index contributed by atoms with van der Waals surface area (Å²) in [7, 11) is 1.59. The van der Waals surface area contributed by atoms with E-state index in [1.54, 1.807) is 13.2 Å². The first kappa shape index (κ1) is 9.01. The SMILES string of the molecule is C/C=C(N)\N=C(/CC)OC. The number of nitrogens with two attached hydrogens (primary N) is 1. The molecule has 0 aliphatic carbocycles. The standard InChI is InChI=1S/C7H14N2O/c1-4-6(8)9-7(5-2)10-3/h4H,5,8H2,1-3H3/b6-4-,9-7+. The average Bonchev–Trinajstić information content (AvgIpc) is 1.99. The number of ether oxygens (including phenoxy) is 1. The van der Waals surface area contributed by atoms with Crippen molar-refractivity contribution in [2.75, 3.05) is 7.11 Å². The summed E-state index contributed by atoms with van der Waals surface area (Å²) in [5, 5.41) is 0. The summed E-state index contributed by atoms with van der Waals surface area (Å²) in [5.41, 5.74) is 5.42. The molecule has 0 rings (SSSR count). The van der Waals surface area contributed by atoms with Crippen molar-refractivity contribution < 1.29 is 4.74 Å². The molecule has 0 spiro atoms. The van der Waals surface area contributed by atoms with Crippen LogP contribution in [0, 0.1) is 0 Å². The van der Waals surface area contributed by atoms with Crippen LogP contribution < -0.4 is 5.73 Å². The maximum absolute atomic E-state index is 5.42. The number of hydrogen-bond donors (Lipinski definition) is 1. The molecule has 58 valence electrons. The van der Waals surface area contributed by atoms with Crippen LogP contribution in [0.1, 0.15) is 20.3 Å². The van der Waals surface area contributed by atoms with Crippen LogP contribution in [0.15, 0.2) is 16.9 Å². The van der Waals surface area contributed by atoms with Crippen molar-refractivity contribution in [1.82, 2.24) is 0 Å². The van der Waals surface area contributed by atoms with E-state index in [0.717, 1.165) is 6.42 Å². The molecule has 10 heavy (non-hydrogen) atoms. The van der Waals surface area contributed by atoms with E-state index in [1.165, 1.54) is 0 Å². The Kier molecular flexibility index (Phi) is 4.37. The monoisotopic (exact) mass is 142 g/mol. The van der Waals surface area contributed by atoms with Crippen LogP contribution in [-0.4, -0.2) is 13.0 Å². The highest BCUT2D eigenvalue weighted by Crippen LogP contribution is 1.92. The maximum Gasteiger partial charge on any atom is 0.189 e. The molecular formula is C7H14N2O. The lowest BCUT2D eigenvalue weighted by atomic mass is 10.5. The predicted octanol–water partition coefficient (Wildman–Crippen LogP) is 1.26. The molecule has 0 amide bonds. The zero-order valence-corrected chi connectivity index (χ0v) is 6.72. The van der Waals surface area contributed by atoms with Crippen LogP contribution >= 0.6 is 0 Å². The van der Waals surface area contributed by atoms with Crippen LogP contribution in [0.4, 0.5) is 0 Å². The van der Waals surface area contributed by atoms with Crippen molar-refractivity contribution in [3.05, 3.63) is 11.9 Å². The molecule has 0 aliphatic heterocycles. The summed E-state index contributed by atoms with van der Waals surface area (Å²) in [6.07, 6.45) is 2.50. The van der Waals surface area contributed by atoms with Crippen LogP contribution in [-0.2, 0) is 4.74 Å². The molecule has 0 aromatic heterocycles. The normalized spacial score (nSPS) is 13.5. The summed E-state index contributed by atoms with van der Waals surface area (Å²) in [6.45, 7) is 3.80. The fraction of sp³-hybridized carbons (Fsp3) is 0.571. The van der Waals surface area contributed by atoms with E-state index < -0.39 is 0 Å². The van der Waals surface area contributed by atoms with Gasteiger partial charge in [-0.1, -0.05) is 6.92 Å². The molecule has 0 heterocycles. The molecule has 0 saturated carbocycles. The summed E-state index contributed by atoms with van der Waals surface area (Å²) < 4.78 is 4.90. The number of aliphatic imine (C=N–C) groups is 1. The summed E-state index contributed by atoms with van der Waals surface area (Å²) in [4.78, 5) is 3.97. The van der Waals surface area contributed by atoms with E-state index in [1.807, 2.05) is 13.8 Å². The number of allylic oxidation sites excluding steroid dienone is 1. The molecule has 0 aromatic rings. The maximum atomic E-state index is 5.42. The van der Waals surface area contributed by atoms with Gasteiger partial charge in [0, 0.05) is 6.42 Å². The molecule has 0 bridgehead atoms. The summed E-state index contributed by atoms with van der Waals surface area (Å²) >= 11 is 0. The molecular weight excluding hydrogens is 128 g/mol. The van der Waals surface area contributed by atoms with Crippen LogP contribution in [0.2, 0.25) is 0 Å². The first-order valence-electron chi connectivity index (χ1n) is 3.27. The van der Waals surface area contributed by atoms with Gasteiger partial charge in [-0.05, 0) is 13.0 Å². The lowest BCUT2D eigenvalue weighted by Crippen LogP contribution is -2.03. The zero-order valence-electron chi connectivity index (χ0n) is 6.72. The molecule has 0 aromatic carbocycles. The third-order valence-electron chi connectivity index (χ3n) is 1.09. The Hall–Kier alpha value is -0.990. The van der Waals surface area contributed by atoms with Crippen molar-refractivity contribution in [3.8, 4) is 0 Å². The molecule has 0 atom stereocenters. The highest BCUT2D eigenvalue weighted by molar-refractivity contribution is 5.76. The second-order valence-electron chi connectivity index (χ2n) is 1.78. The van der Waals surface area contributed by atoms with Gasteiger partial charge in [0.25, 0.3) is 0 Å². The van der Waals surface area contributed by atoms with Crippen molar-refractivity contribution >= 4 is 5.90 Å². The predicted molar refractivity (Wildman–Crippen MR) is 42.7 cm³/mol. The molecule has 3 heteroatoms. The smallest absolute Gasteiger partial charge is 0.189 e. The Bertz CT molecular complexity index is 144. The average molecular weight is 142 g/mol. The molecule has 0 unspecified atom stereocenters. The lowest BCUT2D eigenvalue weighted by Gasteiger charge is -1.99. The topological polar surface area (TPSA) is 47.6 Å². The Morgan fingerprint density at radius 2 is 2.30 bits per heavy atom. The third kappa shape index (κ3) is 3.12. The van der Waals surface area contributed by atoms with Gasteiger partial charge in [0.15, 0.2) is 5.90 Å². The fourth-order valence-electron chi connectivity index (χ4n) is 0.478. The molecule has 0 fully saturated rings. The minimum Gasteiger partial charge on any atom is -0.484 e. The number of rotatable bonds is 2. The second-order valence-corrected chi connectivity index (χ2v) is 1.78. The van der Waals surface area contributed by atoms with Gasteiger partial charge in [-0.3, -0.25) is 0 Å². The Morgan fingerprint density at radius 3 is 2.60 bits per heavy atom. The lowest BCUT2D eigenvalue weighted by molar-refractivity contribution is 0.392. The highest BCUT2D eigenvalue weighted by atomic mass is 16.5. The van der Waals surface area contributed by atoms with Gasteiger partial charge in [-0.25, -0.2) is 4.99 Å². The Labute approximate surface area is 61.6 Å². The van der Waals surface area contributed by atoms with Gasteiger partial charge >= 0.3 is 0 Å². The van der Waals surface area contributed by atoms with Gasteiger partial charge in [0.1, 0.15) is 5.82 Å². The van der Waals surface area contributed by atoms with Crippen LogP contribution in [0.25, 0.3) is 0 Å². The minimum absolute atomic E-state index is 0.499. The summed E-state index contributed by atoms with van der Waals surface area (Å²) in [6, 6.07) is 0. The van der Waals surface area contributed by atoms with Gasteiger partial charge in [0.2, 0.25) is 0 Å². The van der Waals surface area contributed by atoms with E-state index in [9.17, 15) is 0 Å². The van der Waals surface area contributed by atoms with Crippen molar-refractivity contribution in [3.63, 3.8) is 0 Å². The molecule has 2 N–H and O–H groups in total. The quantitative estimate of drug-likeness (QED) is 0.466. The fourth-order valence-corrected chi connectivity index (χ4v) is 0.478. The third-order valence-corrected chi connectivity index (χ3v) is 1.09. The van der Waals surface area contributed by atoms with E-state index in [4.69, 9.17) is 10.5 Å². The molecule has 0 radical (unpaired) electrons.